The van der Waals surface area contributed by atoms with E-state index >= 15 is 0 Å². The van der Waals surface area contributed by atoms with Crippen LogP contribution in [0.3, 0.4) is 0 Å². The van der Waals surface area contributed by atoms with E-state index in [2.05, 4.69) is 46.8 Å². The lowest BCUT2D eigenvalue weighted by molar-refractivity contribution is 0.394. The predicted molar refractivity (Wildman–Crippen MR) is 132 cm³/mol. The smallest absolute Gasteiger partial charge is 0.196 e. The zero-order valence-electron chi connectivity index (χ0n) is 19.5. The number of ether oxygens (including phenoxy) is 3. The van der Waals surface area contributed by atoms with Crippen molar-refractivity contribution in [2.75, 3.05) is 21.3 Å². The summed E-state index contributed by atoms with van der Waals surface area (Å²) in [6.07, 6.45) is 0. The van der Waals surface area contributed by atoms with E-state index in [0.717, 1.165) is 27.9 Å². The molecule has 0 N–H and O–H groups in total. The summed E-state index contributed by atoms with van der Waals surface area (Å²) in [6.45, 7) is 4.26. The molecule has 0 atom stereocenters. The number of methoxy groups -OCH3 is 3. The van der Waals surface area contributed by atoms with Crippen LogP contribution in [0.2, 0.25) is 0 Å². The summed E-state index contributed by atoms with van der Waals surface area (Å²) in [7, 11) is 4.93. The number of benzene rings is 3. The highest BCUT2D eigenvalue weighted by Gasteiger charge is 2.18. The van der Waals surface area contributed by atoms with Gasteiger partial charge in [-0.1, -0.05) is 30.0 Å². The second-order valence-electron chi connectivity index (χ2n) is 7.65. The largest absolute Gasteiger partial charge is 0.497 e. The molecule has 6 nitrogen and oxygen atoms in total. The van der Waals surface area contributed by atoms with Gasteiger partial charge in [0.2, 0.25) is 0 Å². The molecule has 0 spiro atoms. The normalized spacial score (nSPS) is 10.8. The van der Waals surface area contributed by atoms with Crippen LogP contribution in [0, 0.1) is 13.8 Å². The minimum absolute atomic E-state index is 0.693. The molecule has 0 radical (unpaired) electrons. The van der Waals surface area contributed by atoms with Crippen molar-refractivity contribution in [3.8, 4) is 34.3 Å². The molecule has 0 unspecified atom stereocenters. The molecular weight excluding hydrogens is 434 g/mol. The van der Waals surface area contributed by atoms with Crippen LogP contribution >= 0.6 is 11.8 Å². The molecule has 0 aliphatic carbocycles. The molecule has 0 saturated heterocycles. The van der Waals surface area contributed by atoms with Gasteiger partial charge in [0.1, 0.15) is 17.2 Å². The van der Waals surface area contributed by atoms with Crippen LogP contribution in [0.15, 0.2) is 65.8 Å². The fourth-order valence-electron chi connectivity index (χ4n) is 3.49. The van der Waals surface area contributed by atoms with Crippen molar-refractivity contribution in [1.82, 2.24) is 14.8 Å². The third-order valence-electron chi connectivity index (χ3n) is 5.51. The summed E-state index contributed by atoms with van der Waals surface area (Å²) in [6, 6.07) is 20.1. The van der Waals surface area contributed by atoms with Crippen molar-refractivity contribution in [3.63, 3.8) is 0 Å². The summed E-state index contributed by atoms with van der Waals surface area (Å²) >= 11 is 1.65. The van der Waals surface area contributed by atoms with Gasteiger partial charge in [-0.2, -0.15) is 0 Å². The van der Waals surface area contributed by atoms with Crippen molar-refractivity contribution >= 4 is 11.8 Å². The maximum atomic E-state index is 5.47. The number of thioether (sulfide) groups is 1. The topological polar surface area (TPSA) is 58.4 Å². The second kappa shape index (κ2) is 10.0. The Morgan fingerprint density at radius 2 is 1.39 bits per heavy atom. The van der Waals surface area contributed by atoms with Crippen molar-refractivity contribution in [3.05, 3.63) is 77.4 Å². The Morgan fingerprint density at radius 3 is 2.00 bits per heavy atom. The molecular formula is C26H27N3O3S. The van der Waals surface area contributed by atoms with Crippen molar-refractivity contribution < 1.29 is 14.2 Å². The predicted octanol–water partition coefficient (Wildman–Crippen LogP) is 5.87. The Kier molecular flexibility index (Phi) is 6.89. The molecule has 7 heteroatoms. The van der Waals surface area contributed by atoms with E-state index in [1.54, 1.807) is 33.1 Å². The van der Waals surface area contributed by atoms with Crippen LogP contribution in [-0.4, -0.2) is 36.1 Å². The van der Waals surface area contributed by atoms with E-state index in [0.29, 0.717) is 17.3 Å². The lowest BCUT2D eigenvalue weighted by Gasteiger charge is -2.13. The van der Waals surface area contributed by atoms with Gasteiger partial charge in [0.05, 0.1) is 21.3 Å². The summed E-state index contributed by atoms with van der Waals surface area (Å²) in [5.74, 6) is 3.67. The minimum atomic E-state index is 0.693. The standard InChI is InChI=1S/C26H27N3O3S/c1-17-6-7-19(12-18(17)2)16-33-26-28-27-25(20-13-23(31-4)15-24(14-20)32-5)29(26)21-8-10-22(30-3)11-9-21/h6-15H,16H2,1-5H3. The van der Waals surface area contributed by atoms with Crippen LogP contribution in [0.5, 0.6) is 17.2 Å². The van der Waals surface area contributed by atoms with E-state index in [1.165, 1.54) is 16.7 Å². The maximum absolute atomic E-state index is 5.47. The lowest BCUT2D eigenvalue weighted by atomic mass is 10.1. The van der Waals surface area contributed by atoms with Crippen LogP contribution in [-0.2, 0) is 5.75 Å². The van der Waals surface area contributed by atoms with Gasteiger partial charge in [-0.3, -0.25) is 4.57 Å². The lowest BCUT2D eigenvalue weighted by Crippen LogP contribution is -2.01. The fraction of sp³-hybridized carbons (Fsp3) is 0.231. The Hall–Kier alpha value is -3.45. The van der Waals surface area contributed by atoms with Crippen LogP contribution in [0.25, 0.3) is 17.1 Å². The van der Waals surface area contributed by atoms with Crippen LogP contribution < -0.4 is 14.2 Å². The molecule has 0 amide bonds. The number of nitrogens with zero attached hydrogens (tertiary/aromatic N) is 3. The molecule has 0 aliphatic rings. The average Bonchev–Trinajstić information content (AvgIpc) is 3.28. The molecule has 1 heterocycles. The second-order valence-corrected chi connectivity index (χ2v) is 8.59. The number of aryl methyl sites for hydroxylation is 2. The first-order valence-electron chi connectivity index (χ1n) is 10.5. The van der Waals surface area contributed by atoms with Crippen LogP contribution in [0.4, 0.5) is 0 Å². The van der Waals surface area contributed by atoms with Gasteiger partial charge >= 0.3 is 0 Å². The van der Waals surface area contributed by atoms with E-state index in [1.807, 2.05) is 42.5 Å². The average molecular weight is 462 g/mol. The molecule has 33 heavy (non-hydrogen) atoms. The number of hydrogen-bond donors (Lipinski definition) is 0. The SMILES string of the molecule is COc1ccc(-n2c(SCc3ccc(C)c(C)c3)nnc2-c2cc(OC)cc(OC)c2)cc1. The quantitative estimate of drug-likeness (QED) is 0.306. The van der Waals surface area contributed by atoms with Crippen LogP contribution in [0.1, 0.15) is 16.7 Å². The molecule has 3 aromatic carbocycles. The van der Waals surface area contributed by atoms with Gasteiger partial charge in [-0.05, 0) is 66.9 Å². The Morgan fingerprint density at radius 1 is 0.727 bits per heavy atom. The Balaban J connectivity index is 1.77. The third-order valence-corrected chi connectivity index (χ3v) is 6.51. The fourth-order valence-corrected chi connectivity index (χ4v) is 4.39. The van der Waals surface area contributed by atoms with Gasteiger partial charge < -0.3 is 14.2 Å². The molecule has 170 valence electrons. The first-order valence-corrected chi connectivity index (χ1v) is 11.5. The minimum Gasteiger partial charge on any atom is -0.497 e. The molecule has 0 aliphatic heterocycles. The molecule has 4 aromatic rings. The summed E-state index contributed by atoms with van der Waals surface area (Å²) in [4.78, 5) is 0. The number of aromatic nitrogens is 3. The monoisotopic (exact) mass is 461 g/mol. The highest BCUT2D eigenvalue weighted by molar-refractivity contribution is 7.98. The third kappa shape index (κ3) is 4.98. The maximum Gasteiger partial charge on any atom is 0.196 e. The molecule has 0 bridgehead atoms. The highest BCUT2D eigenvalue weighted by atomic mass is 32.2. The highest BCUT2D eigenvalue weighted by Crippen LogP contribution is 2.34. The van der Waals surface area contributed by atoms with Crippen molar-refractivity contribution in [1.29, 1.82) is 0 Å². The molecule has 0 fully saturated rings. The van der Waals surface area contributed by atoms with Gasteiger partial charge in [0.15, 0.2) is 11.0 Å². The van der Waals surface area contributed by atoms with Crippen molar-refractivity contribution in [2.24, 2.45) is 0 Å². The summed E-state index contributed by atoms with van der Waals surface area (Å²) in [5, 5.41) is 9.89. The number of hydrogen-bond acceptors (Lipinski definition) is 6. The number of rotatable bonds is 8. The van der Waals surface area contributed by atoms with E-state index < -0.39 is 0 Å². The van der Waals surface area contributed by atoms with Gasteiger partial charge in [-0.15, -0.1) is 10.2 Å². The van der Waals surface area contributed by atoms with Gasteiger partial charge in [0.25, 0.3) is 0 Å². The first kappa shape index (κ1) is 22.7. The molecule has 4 rings (SSSR count). The van der Waals surface area contributed by atoms with E-state index in [9.17, 15) is 0 Å². The Bertz CT molecular complexity index is 1230. The Labute approximate surface area is 198 Å². The first-order chi connectivity index (χ1) is 16.0. The zero-order chi connectivity index (χ0) is 23.4. The molecule has 1 aromatic heterocycles. The van der Waals surface area contributed by atoms with Gasteiger partial charge in [0, 0.05) is 23.1 Å². The van der Waals surface area contributed by atoms with E-state index in [-0.39, 0.29) is 0 Å². The molecule has 0 saturated carbocycles. The summed E-state index contributed by atoms with van der Waals surface area (Å²) < 4.78 is 18.3. The van der Waals surface area contributed by atoms with Crippen molar-refractivity contribution in [2.45, 2.75) is 24.8 Å². The summed E-state index contributed by atoms with van der Waals surface area (Å²) in [5.41, 5.74) is 5.62. The zero-order valence-corrected chi connectivity index (χ0v) is 20.3. The van der Waals surface area contributed by atoms with Gasteiger partial charge in [-0.25, -0.2) is 0 Å². The van der Waals surface area contributed by atoms with E-state index in [4.69, 9.17) is 14.2 Å².